The van der Waals surface area contributed by atoms with Gasteiger partial charge in [0.15, 0.2) is 5.78 Å². The summed E-state index contributed by atoms with van der Waals surface area (Å²) in [6.07, 6.45) is 0.859. The van der Waals surface area contributed by atoms with E-state index in [2.05, 4.69) is 19.1 Å². The molecule has 0 saturated heterocycles. The van der Waals surface area contributed by atoms with Crippen LogP contribution in [0, 0.1) is 12.8 Å². The lowest BCUT2D eigenvalue weighted by atomic mass is 9.92. The molecule has 1 atom stereocenters. The van der Waals surface area contributed by atoms with Crippen LogP contribution in [0.25, 0.3) is 11.1 Å². The van der Waals surface area contributed by atoms with E-state index in [0.29, 0.717) is 0 Å². The van der Waals surface area contributed by atoms with Gasteiger partial charge >= 0.3 is 0 Å². The zero-order chi connectivity index (χ0) is 14.3. The van der Waals surface area contributed by atoms with Crippen molar-refractivity contribution in [1.29, 1.82) is 0 Å². The van der Waals surface area contributed by atoms with E-state index in [4.69, 9.17) is 4.74 Å². The summed E-state index contributed by atoms with van der Waals surface area (Å²) < 4.78 is 5.20. The topological polar surface area (TPSA) is 26.3 Å². The number of ether oxygens (including phenoxy) is 1. The Kier molecular flexibility index (Phi) is 3.09. The van der Waals surface area contributed by atoms with Gasteiger partial charge in [0.25, 0.3) is 0 Å². The van der Waals surface area contributed by atoms with Gasteiger partial charge in [-0.2, -0.15) is 0 Å². The average molecular weight is 266 g/mol. The fourth-order valence-electron chi connectivity index (χ4n) is 3.00. The number of Topliss-reactive ketones (excluding diaryl/α,β-unsaturated/α-hetero) is 1. The van der Waals surface area contributed by atoms with Gasteiger partial charge in [-0.25, -0.2) is 0 Å². The van der Waals surface area contributed by atoms with E-state index in [1.807, 2.05) is 31.2 Å². The van der Waals surface area contributed by atoms with Gasteiger partial charge in [0.2, 0.25) is 0 Å². The third kappa shape index (κ3) is 1.92. The molecule has 0 heterocycles. The molecule has 2 heteroatoms. The van der Waals surface area contributed by atoms with Crippen LogP contribution in [0.4, 0.5) is 0 Å². The number of methoxy groups -OCH3 is 1. The van der Waals surface area contributed by atoms with Crippen LogP contribution in [-0.4, -0.2) is 12.9 Å². The van der Waals surface area contributed by atoms with Crippen molar-refractivity contribution < 1.29 is 9.53 Å². The zero-order valence-electron chi connectivity index (χ0n) is 12.1. The molecule has 20 heavy (non-hydrogen) atoms. The molecule has 0 N–H and O–H groups in total. The van der Waals surface area contributed by atoms with Crippen molar-refractivity contribution in [2.45, 2.75) is 20.3 Å². The van der Waals surface area contributed by atoms with E-state index in [1.54, 1.807) is 7.11 Å². The molecule has 2 nitrogen and oxygen atoms in total. The van der Waals surface area contributed by atoms with Gasteiger partial charge in [0.1, 0.15) is 5.75 Å². The second-order valence-corrected chi connectivity index (χ2v) is 5.49. The number of fused-ring (bicyclic) bond motifs is 1. The summed E-state index contributed by atoms with van der Waals surface area (Å²) in [7, 11) is 1.66. The SMILES string of the molecule is COc1ccc(-c2c(C)ccc3c2C(=O)C(C)C3)cc1. The Morgan fingerprint density at radius 3 is 2.40 bits per heavy atom. The van der Waals surface area contributed by atoms with Crippen molar-refractivity contribution in [3.8, 4) is 16.9 Å². The normalized spacial score (nSPS) is 17.1. The van der Waals surface area contributed by atoms with E-state index in [-0.39, 0.29) is 11.7 Å². The van der Waals surface area contributed by atoms with Gasteiger partial charge in [-0.05, 0) is 47.7 Å². The molecule has 1 unspecified atom stereocenters. The predicted octanol–water partition coefficient (Wildman–Crippen LogP) is 4.05. The van der Waals surface area contributed by atoms with Gasteiger partial charge in [-0.3, -0.25) is 4.79 Å². The van der Waals surface area contributed by atoms with Crippen LogP contribution in [0.3, 0.4) is 0 Å². The van der Waals surface area contributed by atoms with Crippen molar-refractivity contribution in [2.75, 3.05) is 7.11 Å². The Morgan fingerprint density at radius 2 is 1.75 bits per heavy atom. The first kappa shape index (κ1) is 12.9. The van der Waals surface area contributed by atoms with Crippen LogP contribution >= 0.6 is 0 Å². The third-order valence-electron chi connectivity index (χ3n) is 4.10. The number of rotatable bonds is 2. The first-order valence-electron chi connectivity index (χ1n) is 6.93. The summed E-state index contributed by atoms with van der Waals surface area (Å²) in [6.45, 7) is 4.07. The number of hydrogen-bond acceptors (Lipinski definition) is 2. The molecule has 2 aromatic carbocycles. The van der Waals surface area contributed by atoms with E-state index < -0.39 is 0 Å². The minimum absolute atomic E-state index is 0.101. The minimum Gasteiger partial charge on any atom is -0.497 e. The van der Waals surface area contributed by atoms with Crippen molar-refractivity contribution in [1.82, 2.24) is 0 Å². The molecule has 0 saturated carbocycles. The predicted molar refractivity (Wildman–Crippen MR) is 80.4 cm³/mol. The number of ketones is 1. The first-order valence-corrected chi connectivity index (χ1v) is 6.93. The van der Waals surface area contributed by atoms with Gasteiger partial charge in [0.05, 0.1) is 7.11 Å². The summed E-state index contributed by atoms with van der Waals surface area (Å²) >= 11 is 0. The Morgan fingerprint density at radius 1 is 1.05 bits per heavy atom. The monoisotopic (exact) mass is 266 g/mol. The van der Waals surface area contributed by atoms with Crippen LogP contribution in [-0.2, 0) is 6.42 Å². The van der Waals surface area contributed by atoms with E-state index in [0.717, 1.165) is 34.4 Å². The highest BCUT2D eigenvalue weighted by molar-refractivity contribution is 6.08. The molecule has 0 aromatic heterocycles. The number of benzene rings is 2. The van der Waals surface area contributed by atoms with Crippen LogP contribution in [0.1, 0.15) is 28.4 Å². The molecular weight excluding hydrogens is 248 g/mol. The molecular formula is C18H18O2. The molecule has 2 aromatic rings. The molecule has 0 spiro atoms. The van der Waals surface area contributed by atoms with Gasteiger partial charge < -0.3 is 4.74 Å². The second kappa shape index (κ2) is 4.78. The molecule has 102 valence electrons. The molecule has 0 radical (unpaired) electrons. The zero-order valence-corrected chi connectivity index (χ0v) is 12.1. The number of carbonyl (C=O) groups is 1. The number of aryl methyl sites for hydroxylation is 1. The van der Waals surface area contributed by atoms with Crippen molar-refractivity contribution in [2.24, 2.45) is 5.92 Å². The van der Waals surface area contributed by atoms with Crippen molar-refractivity contribution >= 4 is 5.78 Å². The molecule has 3 rings (SSSR count). The largest absolute Gasteiger partial charge is 0.497 e. The van der Waals surface area contributed by atoms with Crippen molar-refractivity contribution in [3.63, 3.8) is 0 Å². The minimum atomic E-state index is 0.101. The standard InChI is InChI=1S/C18H18O2/c1-11-4-5-14-10-12(2)18(19)17(14)16(11)13-6-8-15(20-3)9-7-13/h4-9,12H,10H2,1-3H3. The summed E-state index contributed by atoms with van der Waals surface area (Å²) in [6, 6.07) is 12.1. The molecule has 0 aliphatic heterocycles. The lowest BCUT2D eigenvalue weighted by Crippen LogP contribution is -2.05. The molecule has 0 amide bonds. The second-order valence-electron chi connectivity index (χ2n) is 5.49. The number of carbonyl (C=O) groups excluding carboxylic acids is 1. The Labute approximate surface area is 119 Å². The van der Waals surface area contributed by atoms with E-state index in [9.17, 15) is 4.79 Å². The van der Waals surface area contributed by atoms with Crippen LogP contribution in [0.15, 0.2) is 36.4 Å². The maximum atomic E-state index is 12.4. The lowest BCUT2D eigenvalue weighted by Gasteiger charge is -2.12. The van der Waals surface area contributed by atoms with Crippen LogP contribution in [0.5, 0.6) is 5.75 Å². The maximum Gasteiger partial charge on any atom is 0.166 e. The highest BCUT2D eigenvalue weighted by atomic mass is 16.5. The maximum absolute atomic E-state index is 12.4. The summed E-state index contributed by atoms with van der Waals surface area (Å²) in [5, 5.41) is 0. The smallest absolute Gasteiger partial charge is 0.166 e. The molecule has 0 bridgehead atoms. The fraction of sp³-hybridized carbons (Fsp3) is 0.278. The molecule has 1 aliphatic rings. The summed E-state index contributed by atoms with van der Waals surface area (Å²) in [4.78, 5) is 12.4. The fourth-order valence-corrected chi connectivity index (χ4v) is 3.00. The Balaban J connectivity index is 2.19. The quantitative estimate of drug-likeness (QED) is 0.819. The highest BCUT2D eigenvalue weighted by Gasteiger charge is 2.30. The Hall–Kier alpha value is -2.09. The molecule has 1 aliphatic carbocycles. The summed E-state index contributed by atoms with van der Waals surface area (Å²) in [5.41, 5.74) is 5.42. The van der Waals surface area contributed by atoms with E-state index >= 15 is 0 Å². The lowest BCUT2D eigenvalue weighted by molar-refractivity contribution is 0.0947. The van der Waals surface area contributed by atoms with Crippen molar-refractivity contribution in [3.05, 3.63) is 53.1 Å². The average Bonchev–Trinajstić information content (AvgIpc) is 2.75. The van der Waals surface area contributed by atoms with Crippen LogP contribution in [0.2, 0.25) is 0 Å². The van der Waals surface area contributed by atoms with Gasteiger partial charge in [-0.15, -0.1) is 0 Å². The molecule has 0 fully saturated rings. The van der Waals surface area contributed by atoms with Crippen LogP contribution < -0.4 is 4.74 Å². The highest BCUT2D eigenvalue weighted by Crippen LogP contribution is 2.37. The Bertz CT molecular complexity index is 669. The first-order chi connectivity index (χ1) is 9.61. The third-order valence-corrected chi connectivity index (χ3v) is 4.10. The summed E-state index contributed by atoms with van der Waals surface area (Å²) in [5.74, 6) is 1.21. The number of hydrogen-bond donors (Lipinski definition) is 0. The van der Waals surface area contributed by atoms with Gasteiger partial charge in [0, 0.05) is 11.5 Å². The van der Waals surface area contributed by atoms with Gasteiger partial charge in [-0.1, -0.05) is 31.2 Å². The van der Waals surface area contributed by atoms with E-state index in [1.165, 1.54) is 5.56 Å².